The van der Waals surface area contributed by atoms with E-state index in [1.165, 1.54) is 0 Å². The number of ether oxygens (including phenoxy) is 1. The van der Waals surface area contributed by atoms with Crippen LogP contribution in [-0.4, -0.2) is 13.1 Å². The predicted molar refractivity (Wildman–Crippen MR) is 92.4 cm³/mol. The molecular weight excluding hydrogens is 320 g/mol. The van der Waals surface area contributed by atoms with E-state index >= 15 is 0 Å². The lowest BCUT2D eigenvalue weighted by Gasteiger charge is -2.12. The van der Waals surface area contributed by atoms with E-state index in [9.17, 15) is 9.90 Å². The monoisotopic (exact) mass is 336 g/mol. The molecule has 0 aliphatic heterocycles. The van der Waals surface area contributed by atoms with Gasteiger partial charge in [-0.1, -0.05) is 30.3 Å². The van der Waals surface area contributed by atoms with Gasteiger partial charge in [-0.3, -0.25) is 0 Å². The summed E-state index contributed by atoms with van der Waals surface area (Å²) in [5, 5.41) is 11.6. The molecule has 24 heavy (non-hydrogen) atoms. The van der Waals surface area contributed by atoms with Gasteiger partial charge < -0.3 is 14.6 Å². The summed E-state index contributed by atoms with van der Waals surface area (Å²) in [6, 6.07) is 24.6. The fourth-order valence-electron chi connectivity index (χ4n) is 2.47. The van der Waals surface area contributed by atoms with Gasteiger partial charge >= 0.3 is 0 Å². The Labute approximate surface area is 143 Å². The van der Waals surface area contributed by atoms with Crippen molar-refractivity contribution in [1.82, 2.24) is 0 Å². The quantitative estimate of drug-likeness (QED) is 0.673. The van der Waals surface area contributed by atoms with E-state index in [0.29, 0.717) is 0 Å². The van der Waals surface area contributed by atoms with Gasteiger partial charge in [-0.05, 0) is 48.5 Å². The molecule has 3 rings (SSSR count). The lowest BCUT2D eigenvalue weighted by atomic mass is 10.2. The minimum atomic E-state index is -1.16. The van der Waals surface area contributed by atoms with E-state index in [1.54, 1.807) is 19.2 Å². The van der Waals surface area contributed by atoms with E-state index in [1.807, 2.05) is 66.7 Å². The fraction of sp³-hybridized carbons (Fsp3) is 0.0500. The van der Waals surface area contributed by atoms with Crippen LogP contribution in [0.4, 0.5) is 0 Å². The molecule has 0 aliphatic rings. The molecule has 0 heterocycles. The number of methoxy groups -OCH3 is 1. The van der Waals surface area contributed by atoms with Crippen LogP contribution in [0.1, 0.15) is 10.4 Å². The highest BCUT2D eigenvalue weighted by molar-refractivity contribution is 7.97. The Balaban J connectivity index is 2.18. The van der Waals surface area contributed by atoms with Gasteiger partial charge in [0.2, 0.25) is 0 Å². The molecule has 0 aromatic heterocycles. The third-order valence-corrected chi connectivity index (χ3v) is 5.88. The van der Waals surface area contributed by atoms with Crippen LogP contribution < -0.4 is 9.84 Å². The van der Waals surface area contributed by atoms with E-state index in [2.05, 4.69) is 0 Å². The van der Waals surface area contributed by atoms with Crippen molar-refractivity contribution in [2.24, 2.45) is 0 Å². The maximum absolute atomic E-state index is 11.6. The molecule has 0 aliphatic carbocycles. The van der Waals surface area contributed by atoms with Gasteiger partial charge in [0.15, 0.2) is 14.7 Å². The number of carboxylic acids is 1. The number of carbonyl (C=O) groups excluding carboxylic acids is 1. The van der Waals surface area contributed by atoms with E-state index in [-0.39, 0.29) is 5.56 Å². The average Bonchev–Trinajstić information content (AvgIpc) is 2.64. The molecule has 3 aromatic rings. The average molecular weight is 336 g/mol. The summed E-state index contributed by atoms with van der Waals surface area (Å²) in [7, 11) is 1.09. The number of rotatable bonds is 5. The summed E-state index contributed by atoms with van der Waals surface area (Å²) in [5.41, 5.74) is 0.223. The van der Waals surface area contributed by atoms with Gasteiger partial charge in [-0.15, -0.1) is 0 Å². The molecule has 0 fully saturated rings. The van der Waals surface area contributed by atoms with Crippen LogP contribution in [0.25, 0.3) is 0 Å². The zero-order chi connectivity index (χ0) is 16.9. The zero-order valence-corrected chi connectivity index (χ0v) is 14.0. The van der Waals surface area contributed by atoms with Crippen LogP contribution in [0.5, 0.6) is 5.75 Å². The number of aromatic carboxylic acids is 1. The summed E-state index contributed by atoms with van der Waals surface area (Å²) in [6.45, 7) is 0. The summed E-state index contributed by atoms with van der Waals surface area (Å²) >= 11 is 0. The van der Waals surface area contributed by atoms with Crippen molar-refractivity contribution in [3.05, 3.63) is 84.4 Å². The Hall–Kier alpha value is -2.72. The van der Waals surface area contributed by atoms with Crippen molar-refractivity contribution in [3.63, 3.8) is 0 Å². The first-order chi connectivity index (χ1) is 11.7. The second-order valence-electron chi connectivity index (χ2n) is 5.08. The van der Waals surface area contributed by atoms with Crippen molar-refractivity contribution in [2.75, 3.05) is 7.11 Å². The molecular formula is C20H16O3S. The highest BCUT2D eigenvalue weighted by Crippen LogP contribution is 2.33. The van der Waals surface area contributed by atoms with Crippen LogP contribution in [0.2, 0.25) is 0 Å². The molecule has 1 unspecified atom stereocenters. The van der Waals surface area contributed by atoms with Crippen molar-refractivity contribution >= 4 is 16.9 Å². The van der Waals surface area contributed by atoms with Gasteiger partial charge in [0.05, 0.1) is 29.5 Å². The number of benzene rings is 3. The van der Waals surface area contributed by atoms with E-state index < -0.39 is 16.9 Å². The largest absolute Gasteiger partial charge is 0.545 e. The first-order valence-electron chi connectivity index (χ1n) is 7.44. The van der Waals surface area contributed by atoms with Crippen LogP contribution in [0, 0.1) is 0 Å². The minimum Gasteiger partial charge on any atom is -0.545 e. The highest BCUT2D eigenvalue weighted by atomic mass is 32.2. The first kappa shape index (κ1) is 16.1. The van der Waals surface area contributed by atoms with E-state index in [0.717, 1.165) is 20.4 Å². The van der Waals surface area contributed by atoms with Crippen molar-refractivity contribution < 1.29 is 14.6 Å². The third kappa shape index (κ3) is 3.29. The van der Waals surface area contributed by atoms with Gasteiger partial charge in [0, 0.05) is 0 Å². The number of carboxylic acid groups (broad SMARTS) is 1. The van der Waals surface area contributed by atoms with Gasteiger partial charge in [0.25, 0.3) is 0 Å². The van der Waals surface area contributed by atoms with Crippen LogP contribution >= 0.6 is 0 Å². The van der Waals surface area contributed by atoms with Gasteiger partial charge in [0.1, 0.15) is 5.75 Å². The number of hydrogen-bond donors (Lipinski definition) is 0. The van der Waals surface area contributed by atoms with Gasteiger partial charge in [-0.2, -0.15) is 0 Å². The molecule has 3 nitrogen and oxygen atoms in total. The lowest BCUT2D eigenvalue weighted by Crippen LogP contribution is -2.24. The molecule has 0 radical (unpaired) electrons. The Morgan fingerprint density at radius 3 is 2.04 bits per heavy atom. The van der Waals surface area contributed by atoms with Crippen molar-refractivity contribution in [1.29, 1.82) is 0 Å². The fourth-order valence-corrected chi connectivity index (χ4v) is 4.68. The summed E-state index contributed by atoms with van der Waals surface area (Å²) in [6.07, 6.45) is 0. The Kier molecular flexibility index (Phi) is 4.87. The highest BCUT2D eigenvalue weighted by Gasteiger charge is 2.31. The molecule has 0 N–H and O–H groups in total. The first-order valence-corrected chi connectivity index (χ1v) is 8.67. The molecule has 120 valence electrons. The van der Waals surface area contributed by atoms with Gasteiger partial charge in [-0.25, -0.2) is 0 Å². The summed E-state index contributed by atoms with van der Waals surface area (Å²) in [4.78, 5) is 14.4. The lowest BCUT2D eigenvalue weighted by molar-refractivity contribution is -0.255. The molecule has 3 aromatic carbocycles. The third-order valence-electron chi connectivity index (χ3n) is 3.60. The molecule has 4 heteroatoms. The standard InChI is InChI=1S/C20H16O3S/c1-23-15-11-13-17(14-12-15)24(16-7-3-2-4-8-16)19-10-6-5-9-18(19)20(21)22/h2-14H,1H3. The molecule has 0 amide bonds. The van der Waals surface area contributed by atoms with E-state index in [4.69, 9.17) is 4.74 Å². The van der Waals surface area contributed by atoms with Crippen LogP contribution in [0.3, 0.4) is 0 Å². The maximum Gasteiger partial charge on any atom is 0.175 e. The van der Waals surface area contributed by atoms with Crippen LogP contribution in [0.15, 0.2) is 93.5 Å². The second kappa shape index (κ2) is 7.23. The SMILES string of the molecule is COc1ccc([S+](c2ccccc2)c2ccccc2C(=O)[O-])cc1. The smallest absolute Gasteiger partial charge is 0.175 e. The zero-order valence-electron chi connectivity index (χ0n) is 13.1. The Morgan fingerprint density at radius 2 is 1.42 bits per heavy atom. The Morgan fingerprint density at radius 1 is 0.833 bits per heavy atom. The van der Waals surface area contributed by atoms with Crippen molar-refractivity contribution in [2.45, 2.75) is 14.7 Å². The molecule has 1 atom stereocenters. The summed E-state index contributed by atoms with van der Waals surface area (Å²) < 4.78 is 5.22. The van der Waals surface area contributed by atoms with Crippen LogP contribution in [-0.2, 0) is 10.9 Å². The minimum absolute atomic E-state index is 0.223. The maximum atomic E-state index is 11.6. The van der Waals surface area contributed by atoms with Crippen molar-refractivity contribution in [3.8, 4) is 5.75 Å². The normalized spacial score (nSPS) is 11.7. The molecule has 0 spiro atoms. The predicted octanol–water partition coefficient (Wildman–Crippen LogP) is 3.15. The second-order valence-corrected chi connectivity index (χ2v) is 7.07. The molecule has 0 saturated carbocycles. The number of carbonyl (C=O) groups is 1. The summed E-state index contributed by atoms with van der Waals surface area (Å²) in [5.74, 6) is -0.393. The topological polar surface area (TPSA) is 49.4 Å². The Bertz CT molecular complexity index is 829. The molecule has 0 bridgehead atoms. The molecule has 0 saturated heterocycles. The number of hydrogen-bond acceptors (Lipinski definition) is 3.